The van der Waals surface area contributed by atoms with Gasteiger partial charge in [-0.25, -0.2) is 8.42 Å². The van der Waals surface area contributed by atoms with Crippen LogP contribution in [-0.2, 0) is 14.6 Å². The molecule has 2 aromatic carbocycles. The molecular weight excluding hydrogens is 312 g/mol. The minimum absolute atomic E-state index is 0.189. The highest BCUT2D eigenvalue weighted by Gasteiger charge is 2.63. The number of hydrogen-bond donors (Lipinski definition) is 1. The molecule has 0 spiro atoms. The number of sulfone groups is 1. The minimum atomic E-state index is -3.67. The van der Waals surface area contributed by atoms with Crippen LogP contribution in [0.15, 0.2) is 53.4 Å². The van der Waals surface area contributed by atoms with Crippen LogP contribution in [0.2, 0.25) is 0 Å². The summed E-state index contributed by atoms with van der Waals surface area (Å²) in [7, 11) is -3.67. The molecule has 3 atom stereocenters. The number of benzene rings is 2. The SMILES string of the molecule is Cc1ccc([C@H]2[C@H](C(=O)O)[C@@H]2S(=O)(=O)c2ccc(C)cc2)cc1. The quantitative estimate of drug-likeness (QED) is 0.935. The normalized spacial score (nSPS) is 23.5. The van der Waals surface area contributed by atoms with Crippen molar-refractivity contribution in [3.63, 3.8) is 0 Å². The summed E-state index contributed by atoms with van der Waals surface area (Å²) in [6.45, 7) is 3.81. The van der Waals surface area contributed by atoms with Gasteiger partial charge in [0.2, 0.25) is 0 Å². The standard InChI is InChI=1S/C18H18O4S/c1-11-3-7-13(8-4-11)15-16(18(19)20)17(15)23(21,22)14-9-5-12(2)6-10-14/h3-10,15-17H,1-2H3,(H,19,20)/t15-,16-,17+/m0/s1. The molecule has 0 aromatic heterocycles. The van der Waals surface area contributed by atoms with Gasteiger partial charge in [-0.15, -0.1) is 0 Å². The maximum absolute atomic E-state index is 12.8. The number of carbonyl (C=O) groups is 1. The van der Waals surface area contributed by atoms with Crippen molar-refractivity contribution in [2.24, 2.45) is 5.92 Å². The Balaban J connectivity index is 1.98. The third-order valence-electron chi connectivity index (χ3n) is 4.41. The van der Waals surface area contributed by atoms with Gasteiger partial charge in [0.15, 0.2) is 9.84 Å². The van der Waals surface area contributed by atoms with Gasteiger partial charge in [0.1, 0.15) is 0 Å². The third-order valence-corrected chi connectivity index (χ3v) is 6.64. The minimum Gasteiger partial charge on any atom is -0.481 e. The molecule has 0 saturated heterocycles. The number of carboxylic acid groups (broad SMARTS) is 1. The number of hydrogen-bond acceptors (Lipinski definition) is 3. The molecule has 0 amide bonds. The molecule has 4 nitrogen and oxygen atoms in total. The average Bonchev–Trinajstić information content (AvgIpc) is 3.25. The van der Waals surface area contributed by atoms with Crippen LogP contribution in [0.4, 0.5) is 0 Å². The second-order valence-corrected chi connectivity index (χ2v) is 8.23. The largest absolute Gasteiger partial charge is 0.481 e. The van der Waals surface area contributed by atoms with E-state index in [0.717, 1.165) is 16.7 Å². The van der Waals surface area contributed by atoms with Crippen molar-refractivity contribution >= 4 is 15.8 Å². The van der Waals surface area contributed by atoms with E-state index in [1.807, 2.05) is 38.1 Å². The smallest absolute Gasteiger partial charge is 0.308 e. The lowest BCUT2D eigenvalue weighted by Crippen LogP contribution is -2.13. The molecule has 1 aliphatic rings. The molecule has 120 valence electrons. The van der Waals surface area contributed by atoms with Crippen molar-refractivity contribution in [2.75, 3.05) is 0 Å². The zero-order valence-electron chi connectivity index (χ0n) is 12.9. The van der Waals surface area contributed by atoms with Gasteiger partial charge < -0.3 is 5.11 Å². The van der Waals surface area contributed by atoms with Crippen LogP contribution >= 0.6 is 0 Å². The van der Waals surface area contributed by atoms with Gasteiger partial charge in [0, 0.05) is 5.92 Å². The van der Waals surface area contributed by atoms with E-state index < -0.39 is 32.9 Å². The topological polar surface area (TPSA) is 71.4 Å². The maximum atomic E-state index is 12.8. The van der Waals surface area contributed by atoms with E-state index in [2.05, 4.69) is 0 Å². The third kappa shape index (κ3) is 2.77. The number of aliphatic carboxylic acids is 1. The lowest BCUT2D eigenvalue weighted by atomic mass is 10.1. The van der Waals surface area contributed by atoms with Crippen LogP contribution in [0.5, 0.6) is 0 Å². The van der Waals surface area contributed by atoms with E-state index in [-0.39, 0.29) is 4.90 Å². The zero-order valence-corrected chi connectivity index (χ0v) is 13.7. The van der Waals surface area contributed by atoms with E-state index in [4.69, 9.17) is 0 Å². The van der Waals surface area contributed by atoms with E-state index >= 15 is 0 Å². The summed E-state index contributed by atoms with van der Waals surface area (Å²) in [5, 5.41) is 8.50. The number of aryl methyl sites for hydroxylation is 2. The molecule has 0 aliphatic heterocycles. The number of rotatable bonds is 4. The lowest BCUT2D eigenvalue weighted by molar-refractivity contribution is -0.138. The van der Waals surface area contributed by atoms with Gasteiger partial charge >= 0.3 is 5.97 Å². The molecule has 23 heavy (non-hydrogen) atoms. The molecule has 1 saturated carbocycles. The fraction of sp³-hybridized carbons (Fsp3) is 0.278. The molecule has 1 fully saturated rings. The number of carboxylic acids is 1. The van der Waals surface area contributed by atoms with E-state index in [1.165, 1.54) is 0 Å². The molecule has 0 radical (unpaired) electrons. The van der Waals surface area contributed by atoms with Crippen molar-refractivity contribution in [2.45, 2.75) is 29.9 Å². The highest BCUT2D eigenvalue weighted by Crippen LogP contribution is 2.54. The highest BCUT2D eigenvalue weighted by molar-refractivity contribution is 7.92. The fourth-order valence-corrected chi connectivity index (χ4v) is 5.16. The summed E-state index contributed by atoms with van der Waals surface area (Å²) in [5.41, 5.74) is 2.78. The van der Waals surface area contributed by atoms with Gasteiger partial charge in [-0.1, -0.05) is 47.5 Å². The van der Waals surface area contributed by atoms with Crippen LogP contribution in [0, 0.1) is 19.8 Å². The van der Waals surface area contributed by atoms with Crippen LogP contribution < -0.4 is 0 Å². The van der Waals surface area contributed by atoms with Crippen LogP contribution in [0.25, 0.3) is 0 Å². The Kier molecular flexibility index (Phi) is 3.76. The van der Waals surface area contributed by atoms with Crippen molar-refractivity contribution in [3.05, 3.63) is 65.2 Å². The van der Waals surface area contributed by atoms with Gasteiger partial charge in [-0.3, -0.25) is 4.79 Å². The second-order valence-electron chi connectivity index (χ2n) is 6.12. The summed E-state index contributed by atoms with van der Waals surface area (Å²) in [6, 6.07) is 13.9. The summed E-state index contributed by atoms with van der Waals surface area (Å²) in [6.07, 6.45) is 0. The Labute approximate surface area is 135 Å². The molecule has 1 aliphatic carbocycles. The van der Waals surface area contributed by atoms with Crippen LogP contribution in [0.3, 0.4) is 0 Å². The van der Waals surface area contributed by atoms with Crippen molar-refractivity contribution < 1.29 is 18.3 Å². The van der Waals surface area contributed by atoms with Gasteiger partial charge in [0.25, 0.3) is 0 Å². The van der Waals surface area contributed by atoms with Gasteiger partial charge in [0.05, 0.1) is 16.1 Å². The van der Waals surface area contributed by atoms with Crippen molar-refractivity contribution in [1.82, 2.24) is 0 Å². The molecule has 0 heterocycles. The Hall–Kier alpha value is -2.14. The maximum Gasteiger partial charge on any atom is 0.308 e. The van der Waals surface area contributed by atoms with Gasteiger partial charge in [-0.05, 0) is 31.5 Å². The summed E-state index contributed by atoms with van der Waals surface area (Å²) in [5.74, 6) is -2.43. The Morgan fingerprint density at radius 3 is 1.87 bits per heavy atom. The summed E-state index contributed by atoms with van der Waals surface area (Å²) >= 11 is 0. The first-order valence-electron chi connectivity index (χ1n) is 7.42. The van der Waals surface area contributed by atoms with Crippen LogP contribution in [-0.4, -0.2) is 24.7 Å². The fourth-order valence-electron chi connectivity index (χ4n) is 3.03. The molecular formula is C18H18O4S. The Bertz CT molecular complexity index is 836. The summed E-state index contributed by atoms with van der Waals surface area (Å²) < 4.78 is 25.6. The lowest BCUT2D eigenvalue weighted by Gasteiger charge is -2.05. The van der Waals surface area contributed by atoms with E-state index in [1.54, 1.807) is 24.3 Å². The first-order chi connectivity index (χ1) is 10.8. The predicted molar refractivity (Wildman–Crippen MR) is 87.2 cm³/mol. The van der Waals surface area contributed by atoms with Crippen LogP contribution in [0.1, 0.15) is 22.6 Å². The molecule has 0 unspecified atom stereocenters. The van der Waals surface area contributed by atoms with Crippen molar-refractivity contribution in [1.29, 1.82) is 0 Å². The molecule has 3 rings (SSSR count). The Morgan fingerprint density at radius 2 is 1.39 bits per heavy atom. The van der Waals surface area contributed by atoms with Crippen molar-refractivity contribution in [3.8, 4) is 0 Å². The molecule has 2 aromatic rings. The zero-order chi connectivity index (χ0) is 16.8. The molecule has 5 heteroatoms. The highest BCUT2D eigenvalue weighted by atomic mass is 32.2. The molecule has 0 bridgehead atoms. The van der Waals surface area contributed by atoms with Gasteiger partial charge in [-0.2, -0.15) is 0 Å². The Morgan fingerprint density at radius 1 is 0.913 bits per heavy atom. The monoisotopic (exact) mass is 330 g/mol. The summed E-state index contributed by atoms with van der Waals surface area (Å²) in [4.78, 5) is 11.7. The second kappa shape index (κ2) is 5.49. The average molecular weight is 330 g/mol. The van der Waals surface area contributed by atoms with E-state index in [9.17, 15) is 18.3 Å². The predicted octanol–water partition coefficient (Wildman–Crippen LogP) is 2.94. The first-order valence-corrected chi connectivity index (χ1v) is 8.97. The first kappa shape index (κ1) is 15.7. The molecule has 1 N–H and O–H groups in total. The van der Waals surface area contributed by atoms with E-state index in [0.29, 0.717) is 0 Å².